The first-order valence-corrected chi connectivity index (χ1v) is 6.61. The molecule has 5 heteroatoms. The van der Waals surface area contributed by atoms with Crippen LogP contribution in [0, 0.1) is 0 Å². The molecule has 0 amide bonds. The Balaban J connectivity index is 1.76. The zero-order valence-electron chi connectivity index (χ0n) is 11.2. The maximum Gasteiger partial charge on any atom is 0.312 e. The van der Waals surface area contributed by atoms with Gasteiger partial charge in [0.1, 0.15) is 5.52 Å². The van der Waals surface area contributed by atoms with E-state index in [9.17, 15) is 9.90 Å². The van der Waals surface area contributed by atoms with Crippen molar-refractivity contribution < 1.29 is 14.3 Å². The SMILES string of the molecule is O=C(O)C(CNc1nc2ccccc2o1)c1ccccc1. The van der Waals surface area contributed by atoms with Gasteiger partial charge >= 0.3 is 5.97 Å². The second-order valence-corrected chi connectivity index (χ2v) is 4.67. The van der Waals surface area contributed by atoms with Crippen LogP contribution in [0.5, 0.6) is 0 Å². The number of carboxylic acids is 1. The molecule has 1 atom stereocenters. The Labute approximate surface area is 121 Å². The summed E-state index contributed by atoms with van der Waals surface area (Å²) in [4.78, 5) is 15.7. The van der Waals surface area contributed by atoms with Crippen molar-refractivity contribution in [2.45, 2.75) is 5.92 Å². The summed E-state index contributed by atoms with van der Waals surface area (Å²) in [5.74, 6) is -1.54. The summed E-state index contributed by atoms with van der Waals surface area (Å²) in [6, 6.07) is 16.8. The van der Waals surface area contributed by atoms with Crippen molar-refractivity contribution in [3.8, 4) is 0 Å². The maximum atomic E-state index is 11.4. The van der Waals surface area contributed by atoms with E-state index < -0.39 is 11.9 Å². The van der Waals surface area contributed by atoms with Gasteiger partial charge in [-0.05, 0) is 17.7 Å². The fourth-order valence-electron chi connectivity index (χ4n) is 2.17. The minimum absolute atomic E-state index is 0.214. The van der Waals surface area contributed by atoms with Gasteiger partial charge in [-0.2, -0.15) is 4.98 Å². The molecule has 0 saturated carbocycles. The van der Waals surface area contributed by atoms with Gasteiger partial charge < -0.3 is 14.8 Å². The van der Waals surface area contributed by atoms with Crippen molar-refractivity contribution in [3.63, 3.8) is 0 Å². The number of benzene rings is 2. The zero-order valence-corrected chi connectivity index (χ0v) is 11.2. The van der Waals surface area contributed by atoms with E-state index >= 15 is 0 Å². The molecule has 1 heterocycles. The lowest BCUT2D eigenvalue weighted by molar-refractivity contribution is -0.138. The molecule has 0 spiro atoms. The first-order valence-electron chi connectivity index (χ1n) is 6.61. The number of carbonyl (C=O) groups is 1. The molecule has 3 rings (SSSR count). The summed E-state index contributed by atoms with van der Waals surface area (Å²) < 4.78 is 5.52. The lowest BCUT2D eigenvalue weighted by atomic mass is 9.99. The van der Waals surface area contributed by atoms with Crippen LogP contribution in [0.4, 0.5) is 6.01 Å². The molecule has 2 aromatic carbocycles. The van der Waals surface area contributed by atoms with Gasteiger partial charge in [0.2, 0.25) is 0 Å². The van der Waals surface area contributed by atoms with Crippen molar-refractivity contribution in [1.29, 1.82) is 0 Å². The number of nitrogens with one attached hydrogen (secondary N) is 1. The quantitative estimate of drug-likeness (QED) is 0.752. The van der Waals surface area contributed by atoms with Gasteiger partial charge in [0.05, 0.1) is 5.92 Å². The average Bonchev–Trinajstić information content (AvgIpc) is 2.91. The largest absolute Gasteiger partial charge is 0.481 e. The average molecular weight is 282 g/mol. The number of hydrogen-bond donors (Lipinski definition) is 2. The molecule has 0 fully saturated rings. The van der Waals surface area contributed by atoms with E-state index in [0.29, 0.717) is 11.6 Å². The fraction of sp³-hybridized carbons (Fsp3) is 0.125. The second-order valence-electron chi connectivity index (χ2n) is 4.67. The van der Waals surface area contributed by atoms with Crippen molar-refractivity contribution >= 4 is 23.1 Å². The first kappa shape index (κ1) is 13.2. The summed E-state index contributed by atoms with van der Waals surface area (Å²) in [7, 11) is 0. The number of aliphatic carboxylic acids is 1. The van der Waals surface area contributed by atoms with E-state index in [-0.39, 0.29) is 6.54 Å². The Morgan fingerprint density at radius 2 is 1.86 bits per heavy atom. The fourth-order valence-corrected chi connectivity index (χ4v) is 2.17. The van der Waals surface area contributed by atoms with E-state index in [1.54, 1.807) is 12.1 Å². The van der Waals surface area contributed by atoms with Crippen molar-refractivity contribution in [2.75, 3.05) is 11.9 Å². The molecule has 5 nitrogen and oxygen atoms in total. The Kier molecular flexibility index (Phi) is 3.55. The van der Waals surface area contributed by atoms with Gasteiger partial charge in [0.25, 0.3) is 6.01 Å². The highest BCUT2D eigenvalue weighted by Gasteiger charge is 2.20. The normalized spacial score (nSPS) is 12.2. The monoisotopic (exact) mass is 282 g/mol. The number of aromatic nitrogens is 1. The molecule has 21 heavy (non-hydrogen) atoms. The Bertz CT molecular complexity index is 719. The van der Waals surface area contributed by atoms with E-state index in [1.165, 1.54) is 0 Å². The molecule has 1 aromatic heterocycles. The van der Waals surface area contributed by atoms with E-state index in [2.05, 4.69) is 10.3 Å². The molecule has 0 bridgehead atoms. The third-order valence-corrected chi connectivity index (χ3v) is 3.25. The van der Waals surface area contributed by atoms with Crippen molar-refractivity contribution in [1.82, 2.24) is 4.98 Å². The molecule has 0 radical (unpaired) electrons. The maximum absolute atomic E-state index is 11.4. The van der Waals surface area contributed by atoms with E-state index in [0.717, 1.165) is 11.1 Å². The third kappa shape index (κ3) is 2.86. The van der Waals surface area contributed by atoms with Crippen LogP contribution >= 0.6 is 0 Å². The molecule has 0 aliphatic heterocycles. The highest BCUT2D eigenvalue weighted by atomic mass is 16.4. The van der Waals surface area contributed by atoms with Crippen LogP contribution in [-0.2, 0) is 4.79 Å². The first-order chi connectivity index (χ1) is 10.2. The number of carboxylic acid groups (broad SMARTS) is 1. The van der Waals surface area contributed by atoms with Crippen LogP contribution in [0.2, 0.25) is 0 Å². The summed E-state index contributed by atoms with van der Waals surface area (Å²) in [6.45, 7) is 0.214. The molecule has 106 valence electrons. The van der Waals surface area contributed by atoms with Crippen LogP contribution in [-0.4, -0.2) is 22.6 Å². The highest BCUT2D eigenvalue weighted by Crippen LogP contribution is 2.20. The van der Waals surface area contributed by atoms with Gasteiger partial charge in [0, 0.05) is 6.54 Å². The topological polar surface area (TPSA) is 75.4 Å². The summed E-state index contributed by atoms with van der Waals surface area (Å²) in [5.41, 5.74) is 2.16. The minimum atomic E-state index is -0.884. The minimum Gasteiger partial charge on any atom is -0.481 e. The van der Waals surface area contributed by atoms with Crippen molar-refractivity contribution in [2.24, 2.45) is 0 Å². The van der Waals surface area contributed by atoms with Gasteiger partial charge in [-0.1, -0.05) is 42.5 Å². The Morgan fingerprint density at radius 3 is 2.57 bits per heavy atom. The number of fused-ring (bicyclic) bond motifs is 1. The molecule has 0 aliphatic rings. The van der Waals surface area contributed by atoms with Gasteiger partial charge in [-0.3, -0.25) is 4.79 Å². The predicted octanol–water partition coefficient (Wildman–Crippen LogP) is 3.11. The Morgan fingerprint density at radius 1 is 1.14 bits per heavy atom. The Hall–Kier alpha value is -2.82. The lowest BCUT2D eigenvalue weighted by Gasteiger charge is -2.12. The molecule has 0 aliphatic carbocycles. The van der Waals surface area contributed by atoms with E-state index in [4.69, 9.17) is 4.42 Å². The summed E-state index contributed by atoms with van der Waals surface area (Å²) in [5, 5.41) is 12.3. The van der Waals surface area contributed by atoms with Crippen LogP contribution in [0.15, 0.2) is 59.0 Å². The smallest absolute Gasteiger partial charge is 0.312 e. The number of hydrogen-bond acceptors (Lipinski definition) is 4. The lowest BCUT2D eigenvalue weighted by Crippen LogP contribution is -2.21. The van der Waals surface area contributed by atoms with Crippen LogP contribution in [0.3, 0.4) is 0 Å². The number of rotatable bonds is 5. The van der Waals surface area contributed by atoms with Crippen LogP contribution in [0.25, 0.3) is 11.1 Å². The van der Waals surface area contributed by atoms with Crippen LogP contribution < -0.4 is 5.32 Å². The molecule has 1 unspecified atom stereocenters. The van der Waals surface area contributed by atoms with E-state index in [1.807, 2.05) is 42.5 Å². The van der Waals surface area contributed by atoms with Gasteiger partial charge in [-0.25, -0.2) is 0 Å². The second kappa shape index (κ2) is 5.66. The molecule has 3 aromatic rings. The van der Waals surface area contributed by atoms with Gasteiger partial charge in [0.15, 0.2) is 5.58 Å². The molecular weight excluding hydrogens is 268 g/mol. The van der Waals surface area contributed by atoms with Crippen LogP contribution in [0.1, 0.15) is 11.5 Å². The molecule has 2 N–H and O–H groups in total. The highest BCUT2D eigenvalue weighted by molar-refractivity contribution is 5.77. The summed E-state index contributed by atoms with van der Waals surface area (Å²) in [6.07, 6.45) is 0. The van der Waals surface area contributed by atoms with Crippen molar-refractivity contribution in [3.05, 3.63) is 60.2 Å². The molecular formula is C16H14N2O3. The standard InChI is InChI=1S/C16H14N2O3/c19-15(20)12(11-6-2-1-3-7-11)10-17-16-18-13-8-4-5-9-14(13)21-16/h1-9,12H,10H2,(H,17,18)(H,19,20). The number of anilines is 1. The third-order valence-electron chi connectivity index (χ3n) is 3.25. The molecule has 0 saturated heterocycles. The zero-order chi connectivity index (χ0) is 14.7. The summed E-state index contributed by atoms with van der Waals surface area (Å²) >= 11 is 0. The number of nitrogens with zero attached hydrogens (tertiary/aromatic N) is 1. The van der Waals surface area contributed by atoms with Gasteiger partial charge in [-0.15, -0.1) is 0 Å². The number of para-hydroxylation sites is 2. The predicted molar refractivity (Wildman–Crippen MR) is 79.3 cm³/mol. The number of oxazole rings is 1.